The number of esters is 1. The Morgan fingerprint density at radius 1 is 1.04 bits per heavy atom. The first-order valence-corrected chi connectivity index (χ1v) is 9.26. The van der Waals surface area contributed by atoms with Gasteiger partial charge in [-0.1, -0.05) is 30.3 Å². The number of benzene rings is 2. The molecule has 0 radical (unpaired) electrons. The number of aromatic amines is 1. The molecule has 4 rings (SSSR count). The number of H-pyrrole nitrogens is 1. The molecule has 2 aromatic carbocycles. The van der Waals surface area contributed by atoms with Gasteiger partial charge in [-0.2, -0.15) is 0 Å². The lowest BCUT2D eigenvalue weighted by Crippen LogP contribution is -2.38. The fourth-order valence-electron chi connectivity index (χ4n) is 3.88. The van der Waals surface area contributed by atoms with E-state index in [4.69, 9.17) is 4.74 Å². The molecule has 1 aliphatic rings. The first-order chi connectivity index (χ1) is 13.1. The smallest absolute Gasteiger partial charge is 0.308 e. The van der Waals surface area contributed by atoms with E-state index in [-0.39, 0.29) is 5.91 Å². The lowest BCUT2D eigenvalue weighted by atomic mass is 9.89. The van der Waals surface area contributed by atoms with Crippen LogP contribution in [0.25, 0.3) is 10.9 Å². The molecule has 5 nitrogen and oxygen atoms in total. The molecule has 1 fully saturated rings. The van der Waals surface area contributed by atoms with Crippen LogP contribution in [0.3, 0.4) is 0 Å². The van der Waals surface area contributed by atoms with E-state index in [1.807, 2.05) is 11.0 Å². The van der Waals surface area contributed by atoms with E-state index in [9.17, 15) is 9.59 Å². The Kier molecular flexibility index (Phi) is 4.67. The third-order valence-corrected chi connectivity index (χ3v) is 5.21. The zero-order valence-electron chi connectivity index (χ0n) is 15.3. The summed E-state index contributed by atoms with van der Waals surface area (Å²) >= 11 is 0. The van der Waals surface area contributed by atoms with Gasteiger partial charge in [0.25, 0.3) is 5.91 Å². The van der Waals surface area contributed by atoms with Crippen molar-refractivity contribution >= 4 is 22.8 Å². The van der Waals surface area contributed by atoms with Crippen molar-refractivity contribution in [1.82, 2.24) is 9.88 Å². The average molecular weight is 362 g/mol. The quantitative estimate of drug-likeness (QED) is 0.563. The summed E-state index contributed by atoms with van der Waals surface area (Å²) in [4.78, 5) is 29.4. The van der Waals surface area contributed by atoms with Crippen LogP contribution in [0, 0.1) is 0 Å². The second-order valence-electron chi connectivity index (χ2n) is 6.95. The standard InChI is InChI=1S/C22H22N2O3/c1-15(25)27-21-9-5-3-7-18(21)22(26)24-12-10-16(11-13-24)19-14-23-20-8-4-2-6-17(19)20/h2-9,14,16,23H,10-13H2,1H3. The van der Waals surface area contributed by atoms with Crippen LogP contribution in [-0.2, 0) is 4.79 Å². The van der Waals surface area contributed by atoms with Gasteiger partial charge < -0.3 is 14.6 Å². The topological polar surface area (TPSA) is 62.4 Å². The SMILES string of the molecule is CC(=O)Oc1ccccc1C(=O)N1CCC(c2c[nH]c3ccccc23)CC1. The van der Waals surface area contributed by atoms with Crippen LogP contribution in [0.5, 0.6) is 5.75 Å². The molecular formula is C22H22N2O3. The molecule has 1 amide bonds. The summed E-state index contributed by atoms with van der Waals surface area (Å²) in [5.74, 6) is 0.264. The maximum Gasteiger partial charge on any atom is 0.308 e. The van der Waals surface area contributed by atoms with Crippen molar-refractivity contribution in [3.63, 3.8) is 0 Å². The van der Waals surface area contributed by atoms with Gasteiger partial charge in [0.15, 0.2) is 0 Å². The Morgan fingerprint density at radius 2 is 1.74 bits per heavy atom. The Labute approximate surface area is 157 Å². The predicted molar refractivity (Wildman–Crippen MR) is 104 cm³/mol. The number of hydrogen-bond donors (Lipinski definition) is 1. The van der Waals surface area contributed by atoms with E-state index < -0.39 is 5.97 Å². The first kappa shape index (κ1) is 17.3. The Bertz CT molecular complexity index is 984. The number of rotatable bonds is 3. The van der Waals surface area contributed by atoms with E-state index in [0.29, 0.717) is 30.3 Å². The van der Waals surface area contributed by atoms with Crippen molar-refractivity contribution in [2.75, 3.05) is 13.1 Å². The Morgan fingerprint density at radius 3 is 2.52 bits per heavy atom. The number of nitrogens with zero attached hydrogens (tertiary/aromatic N) is 1. The van der Waals surface area contributed by atoms with Crippen LogP contribution in [0.1, 0.15) is 41.6 Å². The number of ether oxygens (including phenoxy) is 1. The summed E-state index contributed by atoms with van der Waals surface area (Å²) < 4.78 is 5.19. The highest BCUT2D eigenvalue weighted by molar-refractivity contribution is 5.97. The van der Waals surface area contributed by atoms with Gasteiger partial charge in [0.05, 0.1) is 5.56 Å². The average Bonchev–Trinajstić information content (AvgIpc) is 3.12. The number of para-hydroxylation sites is 2. The van der Waals surface area contributed by atoms with Crippen LogP contribution in [0.4, 0.5) is 0 Å². The first-order valence-electron chi connectivity index (χ1n) is 9.26. The van der Waals surface area contributed by atoms with Crippen molar-refractivity contribution in [3.05, 3.63) is 65.9 Å². The summed E-state index contributed by atoms with van der Waals surface area (Å²) in [6.45, 7) is 2.72. The highest BCUT2D eigenvalue weighted by Gasteiger charge is 2.27. The van der Waals surface area contributed by atoms with Crippen LogP contribution in [0.15, 0.2) is 54.7 Å². The number of carbonyl (C=O) groups is 2. The van der Waals surface area contributed by atoms with Gasteiger partial charge in [0.1, 0.15) is 5.75 Å². The molecule has 1 saturated heterocycles. The second kappa shape index (κ2) is 7.27. The fraction of sp³-hybridized carbons (Fsp3) is 0.273. The molecule has 0 unspecified atom stereocenters. The molecule has 2 heterocycles. The number of likely N-dealkylation sites (tertiary alicyclic amines) is 1. The van der Waals surface area contributed by atoms with Gasteiger partial charge >= 0.3 is 5.97 Å². The fourth-order valence-corrected chi connectivity index (χ4v) is 3.88. The maximum atomic E-state index is 12.9. The zero-order chi connectivity index (χ0) is 18.8. The Hall–Kier alpha value is -3.08. The van der Waals surface area contributed by atoms with Gasteiger partial charge in [-0.15, -0.1) is 0 Å². The molecule has 27 heavy (non-hydrogen) atoms. The molecule has 0 saturated carbocycles. The number of amides is 1. The number of hydrogen-bond acceptors (Lipinski definition) is 3. The molecule has 1 aromatic heterocycles. The molecule has 0 aliphatic carbocycles. The summed E-state index contributed by atoms with van der Waals surface area (Å²) in [5.41, 5.74) is 2.93. The van der Waals surface area contributed by atoms with Crippen molar-refractivity contribution in [3.8, 4) is 5.75 Å². The largest absolute Gasteiger partial charge is 0.426 e. The van der Waals surface area contributed by atoms with E-state index in [1.165, 1.54) is 17.9 Å². The van der Waals surface area contributed by atoms with Crippen molar-refractivity contribution < 1.29 is 14.3 Å². The molecule has 0 atom stereocenters. The van der Waals surface area contributed by atoms with Crippen molar-refractivity contribution in [2.24, 2.45) is 0 Å². The normalized spacial score (nSPS) is 15.1. The predicted octanol–water partition coefficient (Wildman–Crippen LogP) is 4.11. The number of aromatic nitrogens is 1. The molecule has 0 bridgehead atoms. The van der Waals surface area contributed by atoms with Gasteiger partial charge in [-0.05, 0) is 42.5 Å². The highest BCUT2D eigenvalue weighted by atomic mass is 16.5. The zero-order valence-corrected chi connectivity index (χ0v) is 15.3. The number of fused-ring (bicyclic) bond motifs is 1. The van der Waals surface area contributed by atoms with Gasteiger partial charge in [0, 0.05) is 37.1 Å². The molecule has 1 N–H and O–H groups in total. The van der Waals surface area contributed by atoms with Gasteiger partial charge in [0.2, 0.25) is 0 Å². The van der Waals surface area contributed by atoms with Crippen molar-refractivity contribution in [1.29, 1.82) is 0 Å². The lowest BCUT2D eigenvalue weighted by Gasteiger charge is -2.32. The van der Waals surface area contributed by atoms with Crippen LogP contribution < -0.4 is 4.74 Å². The molecule has 3 aromatic rings. The summed E-state index contributed by atoms with van der Waals surface area (Å²) in [5, 5.41) is 1.27. The monoisotopic (exact) mass is 362 g/mol. The summed E-state index contributed by atoms with van der Waals surface area (Å²) in [6, 6.07) is 15.3. The van der Waals surface area contributed by atoms with Crippen LogP contribution in [-0.4, -0.2) is 34.8 Å². The molecule has 0 spiro atoms. The Balaban J connectivity index is 1.48. The lowest BCUT2D eigenvalue weighted by molar-refractivity contribution is -0.131. The number of carbonyl (C=O) groups excluding carboxylic acids is 2. The summed E-state index contributed by atoms with van der Waals surface area (Å²) in [7, 11) is 0. The van der Waals surface area contributed by atoms with E-state index >= 15 is 0 Å². The van der Waals surface area contributed by atoms with E-state index in [0.717, 1.165) is 18.4 Å². The maximum absolute atomic E-state index is 12.9. The van der Waals surface area contributed by atoms with E-state index in [2.05, 4.69) is 29.4 Å². The molecule has 1 aliphatic heterocycles. The third-order valence-electron chi connectivity index (χ3n) is 5.21. The summed E-state index contributed by atoms with van der Waals surface area (Å²) in [6.07, 6.45) is 3.94. The molecule has 138 valence electrons. The van der Waals surface area contributed by atoms with Gasteiger partial charge in [-0.3, -0.25) is 9.59 Å². The minimum atomic E-state index is -0.423. The minimum Gasteiger partial charge on any atom is -0.426 e. The second-order valence-corrected chi connectivity index (χ2v) is 6.95. The third kappa shape index (κ3) is 3.45. The highest BCUT2D eigenvalue weighted by Crippen LogP contribution is 2.34. The van der Waals surface area contributed by atoms with Crippen LogP contribution in [0.2, 0.25) is 0 Å². The minimum absolute atomic E-state index is 0.0794. The number of nitrogens with one attached hydrogen (secondary N) is 1. The molecular weight excluding hydrogens is 340 g/mol. The van der Waals surface area contributed by atoms with Crippen molar-refractivity contribution in [2.45, 2.75) is 25.7 Å². The number of piperidine rings is 1. The molecule has 5 heteroatoms. The van der Waals surface area contributed by atoms with Gasteiger partial charge in [-0.25, -0.2) is 0 Å². The van der Waals surface area contributed by atoms with Crippen LogP contribution >= 0.6 is 0 Å². The van der Waals surface area contributed by atoms with E-state index in [1.54, 1.807) is 24.3 Å².